The van der Waals surface area contributed by atoms with E-state index in [1.807, 2.05) is 0 Å². The third-order valence-electron chi connectivity index (χ3n) is 6.15. The summed E-state index contributed by atoms with van der Waals surface area (Å²) in [5.41, 5.74) is 0. The lowest BCUT2D eigenvalue weighted by molar-refractivity contribution is -0.331. The number of carbonyl (C=O) groups is 8. The molecule has 0 aliphatic carbocycles. The summed E-state index contributed by atoms with van der Waals surface area (Å²) in [5, 5.41) is 0. The van der Waals surface area contributed by atoms with Gasteiger partial charge in [0.15, 0.2) is 36.8 Å². The van der Waals surface area contributed by atoms with Crippen molar-refractivity contribution < 1.29 is 90.5 Å². The summed E-state index contributed by atoms with van der Waals surface area (Å²) in [6.07, 6.45) is -15.6. The van der Waals surface area contributed by atoms with Gasteiger partial charge in [-0.1, -0.05) is 0 Å². The van der Waals surface area contributed by atoms with Crippen LogP contribution in [0.25, 0.3) is 0 Å². The topological polar surface area (TPSA) is 238 Å². The highest BCUT2D eigenvalue weighted by atomic mass is 16.8. The summed E-state index contributed by atoms with van der Waals surface area (Å²) < 4.78 is 59.8. The molecule has 0 saturated carbocycles. The van der Waals surface area contributed by atoms with Crippen molar-refractivity contribution in [2.75, 3.05) is 13.2 Å². The molecule has 0 N–H and O–H groups in total. The normalized spacial score (nSPS) is 30.0. The van der Waals surface area contributed by atoms with Crippen LogP contribution in [0.4, 0.5) is 0 Å². The van der Waals surface area contributed by atoms with Crippen LogP contribution in [0.1, 0.15) is 55.4 Å². The molecular formula is C28H38O19. The number of esters is 8. The van der Waals surface area contributed by atoms with Crippen LogP contribution in [0.3, 0.4) is 0 Å². The highest BCUT2D eigenvalue weighted by Gasteiger charge is 2.56. The van der Waals surface area contributed by atoms with Gasteiger partial charge in [0.1, 0.15) is 18.8 Å². The molecule has 0 unspecified atom stereocenters. The quantitative estimate of drug-likeness (QED) is 0.181. The Balaban J connectivity index is 2.56. The first-order chi connectivity index (χ1) is 21.9. The van der Waals surface area contributed by atoms with Gasteiger partial charge in [0.05, 0.1) is 6.61 Å². The van der Waals surface area contributed by atoms with Crippen molar-refractivity contribution in [3.63, 3.8) is 0 Å². The minimum atomic E-state index is -1.71. The SMILES string of the molecule is CC(=O)OC[C@H]1O[C@@H](OC[C@H]2O[C@H](OC(C)=O)[C@@H](OC(C)=O)[C@@H](OC(C)=O)[C@@H]2OC(C)=O)[C@H](OC(C)=O)[C@@H](OC(C)=O)[C@H]1OC(C)=O. The standard InChI is InChI=1S/C28H38O19/c1-11(29)37-9-19-21(39-12(2)30)23(41-14(4)32)25(43-16(6)34)27(46-19)38-10-20-22(40-13(3)31)24(42-15(5)33)26(44-17(7)35)28(47-20)45-18(8)36/h19-28H,9-10H2,1-8H3/t19-,20-,21+,22-,23+,24+,25-,26+,27-,28+/m1/s1. The van der Waals surface area contributed by atoms with Crippen molar-refractivity contribution >= 4 is 47.8 Å². The first-order valence-electron chi connectivity index (χ1n) is 14.2. The number of hydrogen-bond acceptors (Lipinski definition) is 19. The van der Waals surface area contributed by atoms with Gasteiger partial charge in [-0.3, -0.25) is 38.4 Å². The van der Waals surface area contributed by atoms with Crippen LogP contribution in [0.15, 0.2) is 0 Å². The van der Waals surface area contributed by atoms with E-state index in [4.69, 9.17) is 52.1 Å². The maximum atomic E-state index is 12.1. The molecule has 19 heteroatoms. The Kier molecular flexibility index (Phi) is 14.5. The molecule has 2 heterocycles. The van der Waals surface area contributed by atoms with Crippen LogP contribution in [-0.2, 0) is 90.5 Å². The lowest BCUT2D eigenvalue weighted by Crippen LogP contribution is -2.65. The number of carbonyl (C=O) groups excluding carboxylic acids is 8. The molecule has 0 radical (unpaired) electrons. The highest BCUT2D eigenvalue weighted by Crippen LogP contribution is 2.33. The molecule has 264 valence electrons. The molecule has 19 nitrogen and oxygen atoms in total. The van der Waals surface area contributed by atoms with E-state index < -0.39 is 122 Å². The van der Waals surface area contributed by atoms with Gasteiger partial charge in [0, 0.05) is 55.4 Å². The molecule has 0 aromatic heterocycles. The zero-order chi connectivity index (χ0) is 35.6. The molecular weight excluding hydrogens is 640 g/mol. The molecule has 2 aliphatic heterocycles. The Morgan fingerprint density at radius 2 is 0.702 bits per heavy atom. The van der Waals surface area contributed by atoms with Crippen LogP contribution in [0.5, 0.6) is 0 Å². The predicted molar refractivity (Wildman–Crippen MR) is 145 cm³/mol. The third-order valence-corrected chi connectivity index (χ3v) is 6.15. The van der Waals surface area contributed by atoms with Crippen LogP contribution >= 0.6 is 0 Å². The fraction of sp³-hybridized carbons (Fsp3) is 0.714. The van der Waals surface area contributed by atoms with Crippen LogP contribution < -0.4 is 0 Å². The highest BCUT2D eigenvalue weighted by molar-refractivity contribution is 5.70. The minimum Gasteiger partial charge on any atom is -0.463 e. The Hall–Kier alpha value is -4.36. The van der Waals surface area contributed by atoms with Crippen molar-refractivity contribution in [1.29, 1.82) is 0 Å². The van der Waals surface area contributed by atoms with E-state index >= 15 is 0 Å². The maximum absolute atomic E-state index is 12.1. The van der Waals surface area contributed by atoms with Gasteiger partial charge in [-0.15, -0.1) is 0 Å². The lowest BCUT2D eigenvalue weighted by atomic mass is 9.97. The molecule has 0 bridgehead atoms. The molecule has 0 aromatic carbocycles. The van der Waals surface area contributed by atoms with Crippen molar-refractivity contribution in [2.45, 2.75) is 117 Å². The smallest absolute Gasteiger partial charge is 0.305 e. The fourth-order valence-electron chi connectivity index (χ4n) is 4.76. The van der Waals surface area contributed by atoms with Crippen molar-refractivity contribution in [2.24, 2.45) is 0 Å². The van der Waals surface area contributed by atoms with Gasteiger partial charge in [0.25, 0.3) is 0 Å². The first-order valence-corrected chi connectivity index (χ1v) is 14.2. The Morgan fingerprint density at radius 3 is 1.09 bits per heavy atom. The molecule has 47 heavy (non-hydrogen) atoms. The average Bonchev–Trinajstić information content (AvgIpc) is 2.91. The first kappa shape index (κ1) is 38.8. The monoisotopic (exact) mass is 678 g/mol. The van der Waals surface area contributed by atoms with Crippen LogP contribution in [0.2, 0.25) is 0 Å². The Bertz CT molecular complexity index is 1200. The maximum Gasteiger partial charge on any atom is 0.305 e. The van der Waals surface area contributed by atoms with E-state index in [1.165, 1.54) is 0 Å². The Labute approximate surface area is 268 Å². The molecule has 2 aliphatic rings. The Morgan fingerprint density at radius 1 is 0.383 bits per heavy atom. The van der Waals surface area contributed by atoms with Gasteiger partial charge in [0.2, 0.25) is 12.4 Å². The zero-order valence-corrected chi connectivity index (χ0v) is 26.9. The summed E-state index contributed by atoms with van der Waals surface area (Å²) in [6.45, 7) is 7.09. The van der Waals surface area contributed by atoms with Crippen LogP contribution in [0, 0.1) is 0 Å². The van der Waals surface area contributed by atoms with E-state index in [-0.39, 0.29) is 0 Å². The molecule has 0 aromatic rings. The fourth-order valence-corrected chi connectivity index (χ4v) is 4.76. The number of hydrogen-bond donors (Lipinski definition) is 0. The number of ether oxygens (including phenoxy) is 11. The van der Waals surface area contributed by atoms with Gasteiger partial charge < -0.3 is 52.1 Å². The van der Waals surface area contributed by atoms with E-state index in [9.17, 15) is 38.4 Å². The van der Waals surface area contributed by atoms with Crippen molar-refractivity contribution in [3.8, 4) is 0 Å². The van der Waals surface area contributed by atoms with E-state index in [1.54, 1.807) is 0 Å². The summed E-state index contributed by atoms with van der Waals surface area (Å²) in [6, 6.07) is 0. The van der Waals surface area contributed by atoms with Crippen molar-refractivity contribution in [1.82, 2.24) is 0 Å². The molecule has 10 atom stereocenters. The van der Waals surface area contributed by atoms with E-state index in [2.05, 4.69) is 0 Å². The van der Waals surface area contributed by atoms with Crippen molar-refractivity contribution in [3.05, 3.63) is 0 Å². The summed E-state index contributed by atoms with van der Waals surface area (Å²) >= 11 is 0. The van der Waals surface area contributed by atoms with Gasteiger partial charge in [-0.05, 0) is 0 Å². The average molecular weight is 679 g/mol. The lowest BCUT2D eigenvalue weighted by Gasteiger charge is -2.46. The second kappa shape index (κ2) is 17.5. The summed E-state index contributed by atoms with van der Waals surface area (Å²) in [5.74, 6) is -6.93. The predicted octanol–water partition coefficient (Wildman–Crippen LogP) is -0.831. The molecule has 0 amide bonds. The molecule has 2 fully saturated rings. The van der Waals surface area contributed by atoms with E-state index in [0.29, 0.717) is 0 Å². The second-order valence-corrected chi connectivity index (χ2v) is 10.3. The zero-order valence-electron chi connectivity index (χ0n) is 26.9. The minimum absolute atomic E-state index is 0.541. The van der Waals surface area contributed by atoms with Gasteiger partial charge in [-0.25, -0.2) is 0 Å². The number of rotatable bonds is 12. The largest absolute Gasteiger partial charge is 0.463 e. The second-order valence-electron chi connectivity index (χ2n) is 10.3. The van der Waals surface area contributed by atoms with Gasteiger partial charge >= 0.3 is 47.8 Å². The van der Waals surface area contributed by atoms with Crippen LogP contribution in [-0.4, -0.2) is 122 Å². The summed E-state index contributed by atoms with van der Waals surface area (Å²) in [7, 11) is 0. The summed E-state index contributed by atoms with van der Waals surface area (Å²) in [4.78, 5) is 95.9. The van der Waals surface area contributed by atoms with E-state index in [0.717, 1.165) is 55.4 Å². The molecule has 2 saturated heterocycles. The van der Waals surface area contributed by atoms with Gasteiger partial charge in [-0.2, -0.15) is 0 Å². The molecule has 2 rings (SSSR count). The third kappa shape index (κ3) is 12.1. The molecule has 0 spiro atoms.